The largest absolute Gasteiger partial charge is 0.495 e. The minimum Gasteiger partial charge on any atom is -0.495 e. The summed E-state index contributed by atoms with van der Waals surface area (Å²) in [4.78, 5) is 22.2. The zero-order valence-corrected chi connectivity index (χ0v) is 20.5. The third kappa shape index (κ3) is 5.67. The molecule has 3 aromatic rings. The molecule has 3 rings (SSSR count). The first-order valence-corrected chi connectivity index (χ1v) is 10.7. The lowest BCUT2D eigenvalue weighted by Crippen LogP contribution is -2.33. The fraction of sp³-hybridized carbons (Fsp3) is 0.391. The van der Waals surface area contributed by atoms with Crippen molar-refractivity contribution in [2.75, 3.05) is 46.3 Å². The van der Waals surface area contributed by atoms with Gasteiger partial charge in [0.05, 0.1) is 14.2 Å². The highest BCUT2D eigenvalue weighted by Gasteiger charge is 2.24. The van der Waals surface area contributed by atoms with Crippen LogP contribution in [0.15, 0.2) is 30.3 Å². The fourth-order valence-corrected chi connectivity index (χ4v) is 4.57. The first kappa shape index (κ1) is 24.9. The van der Waals surface area contributed by atoms with Gasteiger partial charge >= 0.3 is 0 Å². The zero-order chi connectivity index (χ0) is 21.8. The Labute approximate surface area is 194 Å². The van der Waals surface area contributed by atoms with Gasteiger partial charge in [-0.15, -0.1) is 12.4 Å². The number of carbonyl (C=O) groups excluding carboxylic acids is 1. The Morgan fingerprint density at radius 1 is 1.00 bits per heavy atom. The molecule has 0 N–H and O–H groups in total. The number of amides is 1. The SMILES string of the molecule is COc1ccc(OC)c2sc(N(CCCN(C)C)C(=O)c3cc(C)cc(C)c3)nc12.Cl. The second-order valence-corrected chi connectivity index (χ2v) is 8.61. The summed E-state index contributed by atoms with van der Waals surface area (Å²) in [5.41, 5.74) is 3.52. The minimum atomic E-state index is -0.0439. The van der Waals surface area contributed by atoms with Gasteiger partial charge in [-0.1, -0.05) is 28.5 Å². The van der Waals surface area contributed by atoms with E-state index in [-0.39, 0.29) is 18.3 Å². The molecule has 0 unspecified atom stereocenters. The van der Waals surface area contributed by atoms with E-state index in [2.05, 4.69) is 11.0 Å². The minimum absolute atomic E-state index is 0. The normalized spacial score (nSPS) is 10.8. The molecular formula is C23H30ClN3O3S. The molecule has 0 aliphatic rings. The van der Waals surface area contributed by atoms with E-state index in [0.29, 0.717) is 28.5 Å². The Morgan fingerprint density at radius 3 is 2.19 bits per heavy atom. The number of halogens is 1. The van der Waals surface area contributed by atoms with E-state index in [1.54, 1.807) is 19.1 Å². The Kier molecular flexibility index (Phi) is 8.68. The molecule has 0 atom stereocenters. The number of rotatable bonds is 8. The third-order valence-electron chi connectivity index (χ3n) is 4.83. The van der Waals surface area contributed by atoms with Crippen LogP contribution in [0.4, 0.5) is 5.13 Å². The van der Waals surface area contributed by atoms with Crippen LogP contribution in [-0.4, -0.2) is 57.2 Å². The molecule has 0 spiro atoms. The summed E-state index contributed by atoms with van der Waals surface area (Å²) in [6, 6.07) is 9.64. The molecule has 0 radical (unpaired) electrons. The molecule has 168 valence electrons. The van der Waals surface area contributed by atoms with Crippen LogP contribution >= 0.6 is 23.7 Å². The molecule has 0 saturated heterocycles. The molecule has 6 nitrogen and oxygen atoms in total. The molecule has 0 aliphatic heterocycles. The number of nitrogens with zero attached hydrogens (tertiary/aromatic N) is 3. The smallest absolute Gasteiger partial charge is 0.260 e. The number of methoxy groups -OCH3 is 2. The number of aromatic nitrogens is 1. The molecule has 31 heavy (non-hydrogen) atoms. The first-order valence-electron chi connectivity index (χ1n) is 9.90. The van der Waals surface area contributed by atoms with Crippen LogP contribution < -0.4 is 14.4 Å². The molecule has 2 aromatic carbocycles. The average molecular weight is 464 g/mol. The Morgan fingerprint density at radius 2 is 1.61 bits per heavy atom. The molecule has 8 heteroatoms. The maximum absolute atomic E-state index is 13.5. The lowest BCUT2D eigenvalue weighted by atomic mass is 10.1. The van der Waals surface area contributed by atoms with Gasteiger partial charge < -0.3 is 14.4 Å². The fourth-order valence-electron chi connectivity index (χ4n) is 3.47. The van der Waals surface area contributed by atoms with Crippen LogP contribution in [0.1, 0.15) is 27.9 Å². The first-order chi connectivity index (χ1) is 14.3. The van der Waals surface area contributed by atoms with Gasteiger partial charge in [0.2, 0.25) is 0 Å². The van der Waals surface area contributed by atoms with Crippen molar-refractivity contribution in [1.29, 1.82) is 0 Å². The van der Waals surface area contributed by atoms with Crippen molar-refractivity contribution >= 4 is 45.0 Å². The van der Waals surface area contributed by atoms with E-state index < -0.39 is 0 Å². The highest BCUT2D eigenvalue weighted by atomic mass is 35.5. The highest BCUT2D eigenvalue weighted by Crippen LogP contribution is 2.40. The number of carbonyl (C=O) groups is 1. The van der Waals surface area contributed by atoms with Gasteiger partial charge in [-0.05, 0) is 65.2 Å². The summed E-state index contributed by atoms with van der Waals surface area (Å²) >= 11 is 1.45. The van der Waals surface area contributed by atoms with Crippen molar-refractivity contribution in [2.24, 2.45) is 0 Å². The van der Waals surface area contributed by atoms with Crippen LogP contribution in [0.25, 0.3) is 10.2 Å². The van der Waals surface area contributed by atoms with Crippen LogP contribution in [0.5, 0.6) is 11.5 Å². The summed E-state index contributed by atoms with van der Waals surface area (Å²) in [6.45, 7) is 5.48. The number of aryl methyl sites for hydroxylation is 2. The molecule has 1 amide bonds. The summed E-state index contributed by atoms with van der Waals surface area (Å²) in [7, 11) is 7.32. The molecule has 1 heterocycles. The number of benzene rings is 2. The molecular weight excluding hydrogens is 434 g/mol. The lowest BCUT2D eigenvalue weighted by molar-refractivity contribution is 0.0986. The Bertz CT molecular complexity index is 991. The van der Waals surface area contributed by atoms with Crippen molar-refractivity contribution in [3.63, 3.8) is 0 Å². The number of ether oxygens (including phenoxy) is 2. The van der Waals surface area contributed by atoms with Gasteiger partial charge in [0.25, 0.3) is 5.91 Å². The summed E-state index contributed by atoms with van der Waals surface area (Å²) in [5, 5.41) is 0.649. The van der Waals surface area contributed by atoms with Crippen LogP contribution in [0.3, 0.4) is 0 Å². The number of hydrogen-bond donors (Lipinski definition) is 0. The number of thiazole rings is 1. The monoisotopic (exact) mass is 463 g/mol. The van der Waals surface area contributed by atoms with Crippen LogP contribution in [-0.2, 0) is 0 Å². The molecule has 0 aliphatic carbocycles. The number of anilines is 1. The van der Waals surface area contributed by atoms with Crippen molar-refractivity contribution in [3.8, 4) is 11.5 Å². The van der Waals surface area contributed by atoms with Gasteiger partial charge in [0.1, 0.15) is 21.7 Å². The summed E-state index contributed by atoms with van der Waals surface area (Å²) < 4.78 is 11.9. The van der Waals surface area contributed by atoms with E-state index in [4.69, 9.17) is 14.5 Å². The third-order valence-corrected chi connectivity index (χ3v) is 5.92. The van der Waals surface area contributed by atoms with Crippen molar-refractivity contribution in [2.45, 2.75) is 20.3 Å². The molecule has 0 bridgehead atoms. The summed E-state index contributed by atoms with van der Waals surface area (Å²) in [6.07, 6.45) is 0.841. The highest BCUT2D eigenvalue weighted by molar-refractivity contribution is 7.22. The van der Waals surface area contributed by atoms with E-state index >= 15 is 0 Å². The predicted molar refractivity (Wildman–Crippen MR) is 131 cm³/mol. The maximum atomic E-state index is 13.5. The van der Waals surface area contributed by atoms with Crippen LogP contribution in [0, 0.1) is 13.8 Å². The topological polar surface area (TPSA) is 54.9 Å². The quantitative estimate of drug-likeness (QED) is 0.473. The number of fused-ring (bicyclic) bond motifs is 1. The van der Waals surface area contributed by atoms with E-state index in [0.717, 1.165) is 34.5 Å². The standard InChI is InChI=1S/C23H29N3O3S.ClH/c1-15-12-16(2)14-17(13-15)22(27)26(11-7-10-25(3)4)23-24-20-18(28-5)8-9-19(29-6)21(20)30-23;/h8-9,12-14H,7,10-11H2,1-6H3;1H. The van der Waals surface area contributed by atoms with Gasteiger partial charge in [0.15, 0.2) is 5.13 Å². The zero-order valence-electron chi connectivity index (χ0n) is 18.9. The van der Waals surface area contributed by atoms with Crippen molar-refractivity contribution in [1.82, 2.24) is 9.88 Å². The van der Waals surface area contributed by atoms with Gasteiger partial charge in [-0.3, -0.25) is 9.69 Å². The Balaban J connectivity index is 0.00000341. The van der Waals surface area contributed by atoms with E-state index in [9.17, 15) is 4.79 Å². The van der Waals surface area contributed by atoms with Gasteiger partial charge in [0, 0.05) is 12.1 Å². The second kappa shape index (κ2) is 10.8. The van der Waals surface area contributed by atoms with Crippen molar-refractivity contribution in [3.05, 3.63) is 47.0 Å². The Hall–Kier alpha value is -2.35. The predicted octanol–water partition coefficient (Wildman–Crippen LogP) is 4.95. The molecule has 1 aromatic heterocycles. The maximum Gasteiger partial charge on any atom is 0.260 e. The average Bonchev–Trinajstić information content (AvgIpc) is 3.14. The number of hydrogen-bond acceptors (Lipinski definition) is 6. The summed E-state index contributed by atoms with van der Waals surface area (Å²) in [5.74, 6) is 1.35. The van der Waals surface area contributed by atoms with Gasteiger partial charge in [-0.2, -0.15) is 0 Å². The van der Waals surface area contributed by atoms with Gasteiger partial charge in [-0.25, -0.2) is 4.98 Å². The van der Waals surface area contributed by atoms with Crippen LogP contribution in [0.2, 0.25) is 0 Å². The molecule has 0 fully saturated rings. The van der Waals surface area contributed by atoms with E-state index in [1.807, 2.05) is 52.2 Å². The second-order valence-electron chi connectivity index (χ2n) is 7.63. The molecule has 0 saturated carbocycles. The lowest BCUT2D eigenvalue weighted by Gasteiger charge is -2.21. The van der Waals surface area contributed by atoms with E-state index in [1.165, 1.54) is 11.3 Å². The van der Waals surface area contributed by atoms with Crippen molar-refractivity contribution < 1.29 is 14.3 Å².